The molecule has 0 aromatic carbocycles. The maximum Gasteiger partial charge on any atom is 0.223 e. The molecule has 2 aliphatic carbocycles. The third-order valence-corrected chi connectivity index (χ3v) is 9.26. The van der Waals surface area contributed by atoms with Crippen molar-refractivity contribution in [2.45, 2.75) is 120 Å². The lowest BCUT2D eigenvalue weighted by molar-refractivity contribution is -0.161. The van der Waals surface area contributed by atoms with Crippen LogP contribution in [0.4, 0.5) is 0 Å². The summed E-state index contributed by atoms with van der Waals surface area (Å²) < 4.78 is 6.40. The highest BCUT2D eigenvalue weighted by molar-refractivity contribution is 5.79. The number of hydrazine groups is 1. The maximum atomic E-state index is 13.4. The van der Waals surface area contributed by atoms with E-state index in [2.05, 4.69) is 57.9 Å². The zero-order valence-corrected chi connectivity index (χ0v) is 22.1. The van der Waals surface area contributed by atoms with Crippen LogP contribution in [0.3, 0.4) is 0 Å². The Hall–Kier alpha value is -0.810. The van der Waals surface area contributed by atoms with Gasteiger partial charge in [-0.15, -0.1) is 0 Å². The Morgan fingerprint density at radius 3 is 2.77 bits per heavy atom. The fraction of sp³-hybridized carbons (Fsp3) is 0.962. The van der Waals surface area contributed by atoms with Crippen LogP contribution in [-0.4, -0.2) is 79.8 Å². The van der Waals surface area contributed by atoms with Crippen LogP contribution in [0.1, 0.15) is 78.1 Å². The third kappa shape index (κ3) is 6.20. The lowest BCUT2D eigenvalue weighted by Gasteiger charge is -2.48. The molecule has 5 aliphatic rings. The number of likely N-dealkylation sites (N-methyl/N-ethyl adjacent to an activating group) is 1. The minimum absolute atomic E-state index is 0.119. The van der Waals surface area contributed by atoms with Gasteiger partial charge in [0.25, 0.3) is 0 Å². The zero-order chi connectivity index (χ0) is 24.4. The second-order valence-electron chi connectivity index (χ2n) is 12.3. The molecule has 200 valence electrons. The van der Waals surface area contributed by atoms with E-state index in [1.807, 2.05) is 0 Å². The largest absolute Gasteiger partial charge is 0.372 e. The predicted molar refractivity (Wildman–Crippen MR) is 137 cm³/mol. The van der Waals surface area contributed by atoms with Crippen molar-refractivity contribution in [2.24, 2.45) is 11.8 Å². The van der Waals surface area contributed by atoms with Crippen LogP contribution in [0.25, 0.3) is 0 Å². The van der Waals surface area contributed by atoms with Gasteiger partial charge in [0.2, 0.25) is 5.91 Å². The molecule has 1 amide bonds. The Balaban J connectivity index is 1.10. The Morgan fingerprint density at radius 2 is 1.94 bits per heavy atom. The zero-order valence-electron chi connectivity index (χ0n) is 22.1. The van der Waals surface area contributed by atoms with Gasteiger partial charge < -0.3 is 20.7 Å². The Kier molecular flexibility index (Phi) is 8.33. The number of nitrogens with one attached hydrogen (secondary N) is 6. The fourth-order valence-electron chi connectivity index (χ4n) is 7.30. The average molecular weight is 492 g/mol. The van der Waals surface area contributed by atoms with Crippen molar-refractivity contribution in [1.29, 1.82) is 0 Å². The first kappa shape index (κ1) is 25.8. The van der Waals surface area contributed by atoms with Crippen LogP contribution < -0.4 is 32.1 Å². The number of hydrogen-bond acceptors (Lipinski definition) is 8. The number of carbonyl (C=O) groups excluding carboxylic acids is 1. The number of hydrogen-bond donors (Lipinski definition) is 6. The van der Waals surface area contributed by atoms with Crippen molar-refractivity contribution in [1.82, 2.24) is 37.0 Å². The molecule has 5 fully saturated rings. The lowest BCUT2D eigenvalue weighted by Crippen LogP contribution is -2.58. The minimum atomic E-state index is -0.150. The number of rotatable bonds is 6. The lowest BCUT2D eigenvalue weighted by atomic mass is 9.74. The number of amides is 1. The highest BCUT2D eigenvalue weighted by atomic mass is 16.5. The topological polar surface area (TPSA) is 102 Å². The first-order valence-electron chi connectivity index (χ1n) is 14.3. The van der Waals surface area contributed by atoms with Gasteiger partial charge in [-0.2, -0.15) is 0 Å². The molecule has 7 unspecified atom stereocenters. The number of carbonyl (C=O) groups is 1. The summed E-state index contributed by atoms with van der Waals surface area (Å²) >= 11 is 0. The Labute approximate surface area is 211 Å². The van der Waals surface area contributed by atoms with E-state index >= 15 is 0 Å². The van der Waals surface area contributed by atoms with E-state index in [1.165, 1.54) is 19.3 Å². The monoisotopic (exact) mass is 491 g/mol. The van der Waals surface area contributed by atoms with Crippen LogP contribution >= 0.6 is 0 Å². The fourth-order valence-corrected chi connectivity index (χ4v) is 7.30. The van der Waals surface area contributed by atoms with Crippen LogP contribution in [0.5, 0.6) is 0 Å². The second kappa shape index (κ2) is 11.3. The molecular weight excluding hydrogens is 442 g/mol. The number of ether oxygens (including phenoxy) is 1. The average Bonchev–Trinajstić information content (AvgIpc) is 3.23. The number of nitrogens with zero attached hydrogens (tertiary/aromatic N) is 1. The first-order chi connectivity index (χ1) is 16.9. The molecule has 9 heteroatoms. The van der Waals surface area contributed by atoms with Crippen LogP contribution in [0.15, 0.2) is 0 Å². The summed E-state index contributed by atoms with van der Waals surface area (Å²) in [6, 6.07) is 1.10. The van der Waals surface area contributed by atoms with Crippen LogP contribution in [-0.2, 0) is 9.53 Å². The van der Waals surface area contributed by atoms with Crippen LogP contribution in [0, 0.1) is 11.8 Å². The van der Waals surface area contributed by atoms with Gasteiger partial charge in [0.15, 0.2) is 0 Å². The van der Waals surface area contributed by atoms with Crippen molar-refractivity contribution >= 4 is 5.91 Å². The molecule has 0 aromatic heterocycles. The summed E-state index contributed by atoms with van der Waals surface area (Å²) in [6.45, 7) is 7.18. The van der Waals surface area contributed by atoms with E-state index in [0.717, 1.165) is 64.7 Å². The standard InChI is InChI=1S/C26H49N7O2/c1-26(2)14-21(19-9-4-5-10-22(19)35-26)30-25(34)17-7-6-8-18(13-17)28-15-23-31-32-24(33(23)3)20-11-12-27-16-29-20/h17-24,27-29,31-32H,4-16H2,1-3H3,(H,30,34)/t17?,18?,19?,20?,21-,22?,23?,24?/m1/s1. The highest BCUT2D eigenvalue weighted by Crippen LogP contribution is 2.40. The Morgan fingerprint density at radius 1 is 1.09 bits per heavy atom. The molecule has 3 heterocycles. The molecule has 35 heavy (non-hydrogen) atoms. The Bertz CT molecular complexity index is 716. The SMILES string of the molecule is CN1C(CNC2CCCC(C(=O)N[C@@H]3CC(C)(C)OC4CCCCC43)C2)NNC1C1CCNCN1. The normalized spacial score (nSPS) is 42.4. The minimum Gasteiger partial charge on any atom is -0.372 e. The molecular formula is C26H49N7O2. The molecule has 5 rings (SSSR count). The van der Waals surface area contributed by atoms with Gasteiger partial charge >= 0.3 is 0 Å². The van der Waals surface area contributed by atoms with Gasteiger partial charge in [-0.25, -0.2) is 10.9 Å². The van der Waals surface area contributed by atoms with Gasteiger partial charge in [-0.3, -0.25) is 15.0 Å². The van der Waals surface area contributed by atoms with Gasteiger partial charge in [0.05, 0.1) is 24.0 Å². The van der Waals surface area contributed by atoms with E-state index in [9.17, 15) is 4.79 Å². The van der Waals surface area contributed by atoms with Crippen molar-refractivity contribution < 1.29 is 9.53 Å². The van der Waals surface area contributed by atoms with Crippen molar-refractivity contribution in [2.75, 3.05) is 26.8 Å². The molecule has 3 aliphatic heterocycles. The van der Waals surface area contributed by atoms with E-state index in [4.69, 9.17) is 4.74 Å². The van der Waals surface area contributed by atoms with Crippen molar-refractivity contribution in [3.63, 3.8) is 0 Å². The molecule has 6 N–H and O–H groups in total. The second-order valence-corrected chi connectivity index (χ2v) is 12.3. The molecule has 0 spiro atoms. The summed E-state index contributed by atoms with van der Waals surface area (Å²) in [5.74, 6) is 0.878. The quantitative estimate of drug-likeness (QED) is 0.327. The smallest absolute Gasteiger partial charge is 0.223 e. The highest BCUT2D eigenvalue weighted by Gasteiger charge is 2.44. The summed E-state index contributed by atoms with van der Waals surface area (Å²) in [4.78, 5) is 15.8. The van der Waals surface area contributed by atoms with Gasteiger partial charge in [0, 0.05) is 43.2 Å². The van der Waals surface area contributed by atoms with Crippen LogP contribution in [0.2, 0.25) is 0 Å². The molecule has 2 saturated carbocycles. The molecule has 9 nitrogen and oxygen atoms in total. The van der Waals surface area contributed by atoms with Gasteiger partial charge in [-0.1, -0.05) is 19.3 Å². The predicted octanol–water partition coefficient (Wildman–Crippen LogP) is 0.978. The van der Waals surface area contributed by atoms with E-state index in [-0.39, 0.29) is 29.6 Å². The summed E-state index contributed by atoms with van der Waals surface area (Å²) in [5, 5.41) is 14.2. The molecule has 8 atom stereocenters. The summed E-state index contributed by atoms with van der Waals surface area (Å²) in [7, 11) is 2.19. The van der Waals surface area contributed by atoms with Gasteiger partial charge in [-0.05, 0) is 72.4 Å². The molecule has 3 saturated heterocycles. The summed E-state index contributed by atoms with van der Waals surface area (Å²) in [5.41, 5.74) is 6.81. The van der Waals surface area contributed by atoms with E-state index in [0.29, 0.717) is 30.3 Å². The molecule has 0 bridgehead atoms. The van der Waals surface area contributed by atoms with Crippen molar-refractivity contribution in [3.8, 4) is 0 Å². The maximum absolute atomic E-state index is 13.4. The van der Waals surface area contributed by atoms with E-state index in [1.54, 1.807) is 0 Å². The third-order valence-electron chi connectivity index (χ3n) is 9.26. The van der Waals surface area contributed by atoms with Gasteiger partial charge in [0.1, 0.15) is 0 Å². The van der Waals surface area contributed by atoms with Crippen molar-refractivity contribution in [3.05, 3.63) is 0 Å². The number of fused-ring (bicyclic) bond motifs is 1. The van der Waals surface area contributed by atoms with E-state index < -0.39 is 0 Å². The molecule has 0 radical (unpaired) electrons. The first-order valence-corrected chi connectivity index (χ1v) is 14.3. The summed E-state index contributed by atoms with van der Waals surface area (Å²) in [6.07, 6.45) is 12.0. The molecule has 0 aromatic rings.